The van der Waals surface area contributed by atoms with Crippen molar-refractivity contribution >= 4 is 33.8 Å². The Labute approximate surface area is 201 Å². The van der Waals surface area contributed by atoms with Crippen LogP contribution in [0, 0.1) is 13.8 Å². The lowest BCUT2D eigenvalue weighted by atomic mass is 9.73. The molecule has 1 aliphatic heterocycles. The van der Waals surface area contributed by atoms with Crippen LogP contribution in [0.1, 0.15) is 41.5 Å². The molecule has 5 rings (SSSR count). The summed E-state index contributed by atoms with van der Waals surface area (Å²) in [5.74, 6) is -1.22. The Hall–Kier alpha value is -3.87. The highest BCUT2D eigenvalue weighted by Crippen LogP contribution is 2.35. The maximum atomic E-state index is 13.0. The minimum Gasteiger partial charge on any atom is -0.549 e. The topological polar surface area (TPSA) is 104 Å². The summed E-state index contributed by atoms with van der Waals surface area (Å²) in [6, 6.07) is 12.8. The second-order valence-corrected chi connectivity index (χ2v) is 9.37. The van der Waals surface area contributed by atoms with Gasteiger partial charge in [0.25, 0.3) is 0 Å². The Morgan fingerprint density at radius 2 is 1.74 bits per heavy atom. The molecule has 7 nitrogen and oxygen atoms in total. The summed E-state index contributed by atoms with van der Waals surface area (Å²) < 4.78 is 11.1. The Kier molecular flexibility index (Phi) is 5.71. The SMILES string of the molecule is Cc1coc2cc3oc(=O)c(CCC(=O)N4CCC(C(=O)[O-])(c5ccccc5)CC4)c(C)c3cc12. The molecule has 0 saturated carbocycles. The van der Waals surface area contributed by atoms with Gasteiger partial charge in [0.05, 0.1) is 12.2 Å². The van der Waals surface area contributed by atoms with Crippen LogP contribution in [-0.2, 0) is 21.4 Å². The number of carbonyl (C=O) groups excluding carboxylic acids is 2. The van der Waals surface area contributed by atoms with Gasteiger partial charge in [0, 0.05) is 47.3 Å². The maximum absolute atomic E-state index is 13.0. The van der Waals surface area contributed by atoms with E-state index in [1.165, 1.54) is 0 Å². The molecule has 0 bridgehead atoms. The molecule has 1 aliphatic rings. The number of aryl methyl sites for hydroxylation is 2. The van der Waals surface area contributed by atoms with Crippen molar-refractivity contribution in [2.45, 2.75) is 44.9 Å². The molecule has 2 aromatic heterocycles. The molecular formula is C28H26NO6-. The fourth-order valence-corrected chi connectivity index (χ4v) is 5.22. The van der Waals surface area contributed by atoms with Crippen LogP contribution in [0.2, 0.25) is 0 Å². The van der Waals surface area contributed by atoms with Gasteiger partial charge in [-0.3, -0.25) is 4.79 Å². The predicted octanol–water partition coefficient (Wildman–Crippen LogP) is 3.40. The van der Waals surface area contributed by atoms with Gasteiger partial charge in [-0.25, -0.2) is 4.79 Å². The van der Waals surface area contributed by atoms with Gasteiger partial charge in [-0.2, -0.15) is 0 Å². The zero-order valence-electron chi connectivity index (χ0n) is 19.8. The van der Waals surface area contributed by atoms with E-state index in [9.17, 15) is 19.5 Å². The molecule has 3 heterocycles. The Morgan fingerprint density at radius 1 is 1.03 bits per heavy atom. The average Bonchev–Trinajstić information content (AvgIpc) is 3.22. The number of furan rings is 1. The van der Waals surface area contributed by atoms with Crippen LogP contribution in [0.15, 0.2) is 62.4 Å². The number of carboxylic acids is 1. The molecule has 4 aromatic rings. The highest BCUT2D eigenvalue weighted by Gasteiger charge is 2.38. The molecular weight excluding hydrogens is 446 g/mol. The molecule has 0 aliphatic carbocycles. The second kappa shape index (κ2) is 8.73. The standard InChI is InChI=1S/C28H27NO6/c1-17-16-34-23-15-24-22(14-21(17)23)18(2)20(26(31)35-24)8-9-25(30)29-12-10-28(11-13-29,27(32)33)19-6-4-3-5-7-19/h3-7,14-16H,8-13H2,1-2H3,(H,32,33)/p-1. The number of hydrogen-bond acceptors (Lipinski definition) is 6. The third kappa shape index (κ3) is 3.91. The van der Waals surface area contributed by atoms with Gasteiger partial charge >= 0.3 is 5.63 Å². The van der Waals surface area contributed by atoms with E-state index in [0.29, 0.717) is 48.2 Å². The first-order valence-electron chi connectivity index (χ1n) is 11.8. The molecule has 7 heteroatoms. The molecule has 0 N–H and O–H groups in total. The van der Waals surface area contributed by atoms with Crippen LogP contribution in [-0.4, -0.2) is 29.9 Å². The van der Waals surface area contributed by atoms with Crippen molar-refractivity contribution in [3.63, 3.8) is 0 Å². The average molecular weight is 473 g/mol. The van der Waals surface area contributed by atoms with Gasteiger partial charge < -0.3 is 23.6 Å². The highest BCUT2D eigenvalue weighted by molar-refractivity contribution is 5.96. The van der Waals surface area contributed by atoms with E-state index in [2.05, 4.69) is 0 Å². The third-order valence-electron chi connectivity index (χ3n) is 7.45. The molecule has 1 saturated heterocycles. The number of carbonyl (C=O) groups is 2. The van der Waals surface area contributed by atoms with Gasteiger partial charge in [0.1, 0.15) is 11.2 Å². The predicted molar refractivity (Wildman–Crippen MR) is 129 cm³/mol. The minimum atomic E-state index is -1.11. The van der Waals surface area contributed by atoms with Crippen LogP contribution in [0.4, 0.5) is 0 Å². The van der Waals surface area contributed by atoms with Crippen molar-refractivity contribution in [1.29, 1.82) is 0 Å². The quantitative estimate of drug-likeness (QED) is 0.413. The van der Waals surface area contributed by atoms with Gasteiger partial charge in [0.15, 0.2) is 0 Å². The Bertz CT molecular complexity index is 1490. The lowest BCUT2D eigenvalue weighted by molar-refractivity contribution is -0.315. The smallest absolute Gasteiger partial charge is 0.339 e. The maximum Gasteiger partial charge on any atom is 0.339 e. The third-order valence-corrected chi connectivity index (χ3v) is 7.45. The van der Waals surface area contributed by atoms with E-state index < -0.39 is 17.0 Å². The van der Waals surface area contributed by atoms with Crippen molar-refractivity contribution in [1.82, 2.24) is 4.90 Å². The van der Waals surface area contributed by atoms with Crippen LogP contribution < -0.4 is 10.7 Å². The zero-order valence-corrected chi connectivity index (χ0v) is 19.8. The number of piperidine rings is 1. The zero-order chi connectivity index (χ0) is 24.7. The van der Waals surface area contributed by atoms with Gasteiger partial charge in [0.2, 0.25) is 5.91 Å². The first-order chi connectivity index (χ1) is 16.8. The first-order valence-corrected chi connectivity index (χ1v) is 11.8. The molecule has 180 valence electrons. The fourth-order valence-electron chi connectivity index (χ4n) is 5.22. The van der Waals surface area contributed by atoms with Crippen LogP contribution in [0.25, 0.3) is 21.9 Å². The lowest BCUT2D eigenvalue weighted by Crippen LogP contribution is -2.53. The molecule has 1 fully saturated rings. The van der Waals surface area contributed by atoms with E-state index in [4.69, 9.17) is 8.83 Å². The summed E-state index contributed by atoms with van der Waals surface area (Å²) in [6.45, 7) is 4.47. The van der Waals surface area contributed by atoms with Crippen molar-refractivity contribution in [2.75, 3.05) is 13.1 Å². The number of nitrogens with zero attached hydrogens (tertiary/aromatic N) is 1. The largest absolute Gasteiger partial charge is 0.549 e. The molecule has 0 radical (unpaired) electrons. The summed E-state index contributed by atoms with van der Waals surface area (Å²) in [5.41, 5.74) is 2.56. The number of rotatable bonds is 5. The Balaban J connectivity index is 1.32. The first kappa shape index (κ1) is 22.9. The number of benzene rings is 2. The summed E-state index contributed by atoms with van der Waals surface area (Å²) >= 11 is 0. The van der Waals surface area contributed by atoms with Gasteiger partial charge in [-0.1, -0.05) is 30.3 Å². The van der Waals surface area contributed by atoms with Crippen LogP contribution in [0.3, 0.4) is 0 Å². The molecule has 35 heavy (non-hydrogen) atoms. The van der Waals surface area contributed by atoms with Crippen molar-refractivity contribution < 1.29 is 23.5 Å². The van der Waals surface area contributed by atoms with Crippen molar-refractivity contribution in [3.05, 3.63) is 81.4 Å². The fraction of sp³-hybridized carbons (Fsp3) is 0.321. The normalized spacial score (nSPS) is 15.5. The molecule has 1 amide bonds. The molecule has 0 atom stereocenters. The molecule has 2 aromatic carbocycles. The summed E-state index contributed by atoms with van der Waals surface area (Å²) in [7, 11) is 0. The van der Waals surface area contributed by atoms with Crippen molar-refractivity contribution in [2.24, 2.45) is 0 Å². The highest BCUT2D eigenvalue weighted by atomic mass is 16.4. The van der Waals surface area contributed by atoms with E-state index in [0.717, 1.165) is 21.9 Å². The Morgan fingerprint density at radius 3 is 2.43 bits per heavy atom. The lowest BCUT2D eigenvalue weighted by Gasteiger charge is -2.43. The summed E-state index contributed by atoms with van der Waals surface area (Å²) in [4.78, 5) is 39.4. The number of aliphatic carboxylic acids is 1. The summed E-state index contributed by atoms with van der Waals surface area (Å²) in [6.07, 6.45) is 2.66. The molecule has 0 spiro atoms. The van der Waals surface area contributed by atoms with Gasteiger partial charge in [-0.05, 0) is 55.9 Å². The monoisotopic (exact) mass is 472 g/mol. The molecule has 0 unspecified atom stereocenters. The number of fused-ring (bicyclic) bond motifs is 2. The van der Waals surface area contributed by atoms with E-state index in [-0.39, 0.29) is 18.7 Å². The van der Waals surface area contributed by atoms with E-state index in [1.807, 2.05) is 38.1 Å². The minimum absolute atomic E-state index is 0.106. The van der Waals surface area contributed by atoms with E-state index in [1.54, 1.807) is 29.4 Å². The number of carboxylic acid groups (broad SMARTS) is 1. The van der Waals surface area contributed by atoms with E-state index >= 15 is 0 Å². The van der Waals surface area contributed by atoms with Gasteiger partial charge in [-0.15, -0.1) is 0 Å². The number of hydrogen-bond donors (Lipinski definition) is 0. The van der Waals surface area contributed by atoms with Crippen LogP contribution in [0.5, 0.6) is 0 Å². The second-order valence-electron chi connectivity index (χ2n) is 9.37. The summed E-state index contributed by atoms with van der Waals surface area (Å²) in [5, 5.41) is 13.8. The van der Waals surface area contributed by atoms with Crippen molar-refractivity contribution in [3.8, 4) is 0 Å². The number of amides is 1. The van der Waals surface area contributed by atoms with Crippen LogP contribution >= 0.6 is 0 Å². The number of likely N-dealkylation sites (tertiary alicyclic amines) is 1.